The van der Waals surface area contributed by atoms with Gasteiger partial charge in [-0.15, -0.1) is 0 Å². The molecule has 4 heteroatoms. The van der Waals surface area contributed by atoms with E-state index >= 15 is 0 Å². The Balaban J connectivity index is 0.000000921. The third-order valence-corrected chi connectivity index (χ3v) is 1.93. The van der Waals surface area contributed by atoms with Crippen molar-refractivity contribution >= 4 is 0 Å². The lowest BCUT2D eigenvalue weighted by atomic mass is 10.1. The van der Waals surface area contributed by atoms with Gasteiger partial charge >= 0.3 is 0 Å². The number of halogens is 4. The van der Waals surface area contributed by atoms with Gasteiger partial charge in [0.05, 0.1) is 0 Å². The number of benzene rings is 1. The first kappa shape index (κ1) is 13.9. The van der Waals surface area contributed by atoms with Crippen molar-refractivity contribution in [2.24, 2.45) is 0 Å². The number of rotatable bonds is 1. The molecule has 0 atom stereocenters. The number of hydrogen-bond acceptors (Lipinski definition) is 0. The molecule has 0 unspecified atom stereocenters. The second-order valence-electron chi connectivity index (χ2n) is 2.71. The van der Waals surface area contributed by atoms with Crippen molar-refractivity contribution in [3.63, 3.8) is 0 Å². The summed E-state index contributed by atoms with van der Waals surface area (Å²) < 4.78 is 51.5. The van der Waals surface area contributed by atoms with E-state index in [1.54, 1.807) is 0 Å². The van der Waals surface area contributed by atoms with Gasteiger partial charge in [-0.2, -0.15) is 0 Å². The first-order chi connectivity index (χ1) is 7.00. The molecular weight excluding hydrogens is 208 g/mol. The van der Waals surface area contributed by atoms with Gasteiger partial charge in [-0.3, -0.25) is 0 Å². The fraction of sp³-hybridized carbons (Fsp3) is 0.455. The fourth-order valence-corrected chi connectivity index (χ4v) is 1.10. The SMILES string of the molecule is CC.CCc1c(F)c(F)c(C)c(F)c1F. The smallest absolute Gasteiger partial charge is 0.165 e. The van der Waals surface area contributed by atoms with Crippen molar-refractivity contribution in [3.05, 3.63) is 34.4 Å². The molecule has 0 aliphatic carbocycles. The predicted octanol–water partition coefficient (Wildman–Crippen LogP) is 4.14. The van der Waals surface area contributed by atoms with Gasteiger partial charge in [-0.05, 0) is 13.3 Å². The van der Waals surface area contributed by atoms with E-state index in [9.17, 15) is 17.6 Å². The zero-order valence-electron chi connectivity index (χ0n) is 9.22. The van der Waals surface area contributed by atoms with E-state index in [0.29, 0.717) is 0 Å². The highest BCUT2D eigenvalue weighted by molar-refractivity contribution is 5.28. The van der Waals surface area contributed by atoms with E-state index in [1.807, 2.05) is 13.8 Å². The third kappa shape index (κ3) is 2.49. The van der Waals surface area contributed by atoms with Crippen molar-refractivity contribution in [3.8, 4) is 0 Å². The highest BCUT2D eigenvalue weighted by atomic mass is 19.2. The molecule has 0 aromatic heterocycles. The summed E-state index contributed by atoms with van der Waals surface area (Å²) >= 11 is 0. The molecule has 0 aliphatic rings. The highest BCUT2D eigenvalue weighted by Crippen LogP contribution is 2.23. The van der Waals surface area contributed by atoms with Gasteiger partial charge in [0.25, 0.3) is 0 Å². The van der Waals surface area contributed by atoms with Crippen molar-refractivity contribution in [1.82, 2.24) is 0 Å². The molecule has 15 heavy (non-hydrogen) atoms. The number of hydrogen-bond donors (Lipinski definition) is 0. The van der Waals surface area contributed by atoms with E-state index in [2.05, 4.69) is 0 Å². The van der Waals surface area contributed by atoms with E-state index in [0.717, 1.165) is 6.92 Å². The Morgan fingerprint density at radius 3 is 1.40 bits per heavy atom. The molecule has 1 aromatic carbocycles. The molecular formula is C11H14F4. The van der Waals surface area contributed by atoms with Crippen LogP contribution in [0.5, 0.6) is 0 Å². The minimum Gasteiger partial charge on any atom is -0.203 e. The van der Waals surface area contributed by atoms with Crippen LogP contribution in [0.2, 0.25) is 0 Å². The van der Waals surface area contributed by atoms with E-state index in [-0.39, 0.29) is 6.42 Å². The van der Waals surface area contributed by atoms with Crippen LogP contribution in [-0.4, -0.2) is 0 Å². The molecule has 0 heterocycles. The van der Waals surface area contributed by atoms with Gasteiger partial charge in [0.2, 0.25) is 0 Å². The van der Waals surface area contributed by atoms with Crippen molar-refractivity contribution in [1.29, 1.82) is 0 Å². The Morgan fingerprint density at radius 1 is 0.800 bits per heavy atom. The Kier molecular flexibility index (Phi) is 5.33. The monoisotopic (exact) mass is 222 g/mol. The maximum absolute atomic E-state index is 12.9. The Hall–Kier alpha value is -1.06. The quantitative estimate of drug-likeness (QED) is 0.495. The normalized spacial score (nSPS) is 9.60. The Labute approximate surface area is 86.9 Å². The molecule has 1 rings (SSSR count). The minimum atomic E-state index is -1.31. The van der Waals surface area contributed by atoms with Crippen LogP contribution in [0.25, 0.3) is 0 Å². The summed E-state index contributed by atoms with van der Waals surface area (Å²) in [5, 5.41) is 0. The van der Waals surface area contributed by atoms with Gasteiger partial charge in [-0.1, -0.05) is 20.8 Å². The van der Waals surface area contributed by atoms with E-state index in [1.165, 1.54) is 6.92 Å². The summed E-state index contributed by atoms with van der Waals surface area (Å²) in [6.07, 6.45) is -0.0776. The minimum absolute atomic E-state index is 0.0776. The largest absolute Gasteiger partial charge is 0.203 e. The molecule has 0 bridgehead atoms. The van der Waals surface area contributed by atoms with Gasteiger partial charge < -0.3 is 0 Å². The maximum atomic E-state index is 12.9. The first-order valence-electron chi connectivity index (χ1n) is 4.82. The Morgan fingerprint density at radius 2 is 1.13 bits per heavy atom. The van der Waals surface area contributed by atoms with Crippen LogP contribution < -0.4 is 0 Å². The van der Waals surface area contributed by atoms with Crippen molar-refractivity contribution in [2.45, 2.75) is 34.1 Å². The topological polar surface area (TPSA) is 0 Å². The molecule has 0 saturated heterocycles. The lowest BCUT2D eigenvalue weighted by Crippen LogP contribution is -2.05. The lowest BCUT2D eigenvalue weighted by molar-refractivity contribution is 0.432. The van der Waals surface area contributed by atoms with Crippen LogP contribution in [0.1, 0.15) is 31.9 Å². The van der Waals surface area contributed by atoms with E-state index in [4.69, 9.17) is 0 Å². The maximum Gasteiger partial charge on any atom is 0.165 e. The van der Waals surface area contributed by atoms with Crippen LogP contribution in [-0.2, 0) is 6.42 Å². The molecule has 0 saturated carbocycles. The van der Waals surface area contributed by atoms with Gasteiger partial charge in [0, 0.05) is 11.1 Å². The summed E-state index contributed by atoms with van der Waals surface area (Å²) in [6, 6.07) is 0. The van der Waals surface area contributed by atoms with E-state index < -0.39 is 34.4 Å². The summed E-state index contributed by atoms with van der Waals surface area (Å²) in [6.45, 7) is 6.42. The van der Waals surface area contributed by atoms with Gasteiger partial charge in [0.15, 0.2) is 23.3 Å². The average Bonchev–Trinajstić information content (AvgIpc) is 2.27. The summed E-state index contributed by atoms with van der Waals surface area (Å²) in [7, 11) is 0. The molecule has 0 radical (unpaired) electrons. The second-order valence-corrected chi connectivity index (χ2v) is 2.71. The van der Waals surface area contributed by atoms with Crippen LogP contribution in [0.3, 0.4) is 0 Å². The van der Waals surface area contributed by atoms with Crippen molar-refractivity contribution < 1.29 is 17.6 Å². The van der Waals surface area contributed by atoms with Gasteiger partial charge in [-0.25, -0.2) is 17.6 Å². The van der Waals surface area contributed by atoms with Gasteiger partial charge in [0.1, 0.15) is 0 Å². The van der Waals surface area contributed by atoms with Crippen molar-refractivity contribution in [2.75, 3.05) is 0 Å². The molecule has 0 nitrogen and oxygen atoms in total. The van der Waals surface area contributed by atoms with Crippen LogP contribution in [0, 0.1) is 30.2 Å². The van der Waals surface area contributed by atoms with Crippen LogP contribution in [0.4, 0.5) is 17.6 Å². The zero-order valence-corrected chi connectivity index (χ0v) is 9.22. The average molecular weight is 222 g/mol. The molecule has 0 fully saturated rings. The summed E-state index contributed by atoms with van der Waals surface area (Å²) in [4.78, 5) is 0. The molecule has 0 aliphatic heterocycles. The second kappa shape index (κ2) is 5.73. The van der Waals surface area contributed by atoms with Crippen LogP contribution in [0.15, 0.2) is 0 Å². The Bertz CT molecular complexity index is 316. The third-order valence-electron chi connectivity index (χ3n) is 1.93. The fourth-order valence-electron chi connectivity index (χ4n) is 1.10. The standard InChI is InChI=1S/C9H8F4.C2H6/c1-3-5-8(12)6(10)4(2)7(11)9(5)13;1-2/h3H2,1-2H3;1-2H3. The molecule has 0 spiro atoms. The summed E-state index contributed by atoms with van der Waals surface area (Å²) in [5.74, 6) is -5.20. The lowest BCUT2D eigenvalue weighted by Gasteiger charge is -2.07. The zero-order chi connectivity index (χ0) is 12.2. The molecule has 1 aromatic rings. The molecule has 86 valence electrons. The summed E-state index contributed by atoms with van der Waals surface area (Å²) in [5.41, 5.74) is -1.16. The predicted molar refractivity (Wildman–Crippen MR) is 51.7 cm³/mol. The van der Waals surface area contributed by atoms with Crippen LogP contribution >= 0.6 is 0 Å². The molecule has 0 N–H and O–H groups in total. The molecule has 0 amide bonds. The highest BCUT2D eigenvalue weighted by Gasteiger charge is 2.21. The first-order valence-corrected chi connectivity index (χ1v) is 4.82.